The minimum Gasteiger partial charge on any atom is -0.478 e. The second-order valence-electron chi connectivity index (χ2n) is 9.55. The zero-order chi connectivity index (χ0) is 28.9. The van der Waals surface area contributed by atoms with Crippen molar-refractivity contribution in [2.75, 3.05) is 17.6 Å². The molecule has 0 radical (unpaired) electrons. The predicted octanol–water partition coefficient (Wildman–Crippen LogP) is 4.02. The Labute approximate surface area is 240 Å². The molecule has 4 aromatic rings. The lowest BCUT2D eigenvalue weighted by Crippen LogP contribution is -2.53. The molecule has 1 saturated heterocycles. The van der Waals surface area contributed by atoms with E-state index in [1.807, 2.05) is 12.1 Å². The third-order valence-corrected chi connectivity index (χ3v) is 7.17. The molecule has 1 aliphatic heterocycles. The van der Waals surface area contributed by atoms with Crippen LogP contribution >= 0.6 is 11.6 Å². The number of rotatable bonds is 7. The van der Waals surface area contributed by atoms with E-state index in [0.29, 0.717) is 47.0 Å². The summed E-state index contributed by atoms with van der Waals surface area (Å²) in [5.74, 6) is -2.09. The van der Waals surface area contributed by atoms with Gasteiger partial charge >= 0.3 is 5.97 Å². The van der Waals surface area contributed by atoms with Gasteiger partial charge in [0, 0.05) is 40.5 Å². The number of carbonyl (C=O) groups excluding carboxylic acids is 2. The van der Waals surface area contributed by atoms with Gasteiger partial charge in [-0.05, 0) is 89.5 Å². The van der Waals surface area contributed by atoms with E-state index >= 15 is 0 Å². The van der Waals surface area contributed by atoms with Crippen molar-refractivity contribution < 1.29 is 19.5 Å². The number of hydrogen-bond acceptors (Lipinski definition) is 7. The van der Waals surface area contributed by atoms with E-state index in [2.05, 4.69) is 20.8 Å². The van der Waals surface area contributed by atoms with Gasteiger partial charge in [-0.1, -0.05) is 23.7 Å². The molecule has 0 saturated carbocycles. The minimum absolute atomic E-state index is 0.101. The summed E-state index contributed by atoms with van der Waals surface area (Å²) in [7, 11) is 0. The van der Waals surface area contributed by atoms with Crippen LogP contribution in [0, 0.1) is 0 Å². The second kappa shape index (κ2) is 12.0. The molecule has 2 amide bonds. The largest absolute Gasteiger partial charge is 0.478 e. The lowest BCUT2D eigenvalue weighted by Gasteiger charge is -2.40. The first-order chi connectivity index (χ1) is 19.8. The fourth-order valence-corrected chi connectivity index (χ4v) is 5.15. The first-order valence-electron chi connectivity index (χ1n) is 12.8. The molecule has 2 atom stereocenters. The molecule has 2 heterocycles. The predicted molar refractivity (Wildman–Crippen MR) is 154 cm³/mol. The molecule has 5 rings (SSSR count). The molecule has 208 valence electrons. The minimum atomic E-state index is -1.06. The van der Waals surface area contributed by atoms with Crippen LogP contribution in [-0.4, -0.2) is 60.6 Å². The van der Waals surface area contributed by atoms with Crippen LogP contribution in [0.4, 0.5) is 11.4 Å². The van der Waals surface area contributed by atoms with Crippen molar-refractivity contribution in [1.29, 1.82) is 0 Å². The van der Waals surface area contributed by atoms with Crippen LogP contribution in [-0.2, 0) is 9.59 Å². The Morgan fingerprint density at radius 1 is 1.05 bits per heavy atom. The number of aromatic carboxylic acids is 1. The number of hydrogen-bond donors (Lipinski definition) is 3. The molecular weight excluding hydrogens is 546 g/mol. The molecule has 3 aromatic carbocycles. The number of carboxylic acids is 1. The van der Waals surface area contributed by atoms with Gasteiger partial charge in [-0.25, -0.2) is 4.79 Å². The third-order valence-electron chi connectivity index (χ3n) is 6.94. The highest BCUT2D eigenvalue weighted by Gasteiger charge is 2.39. The molecule has 41 heavy (non-hydrogen) atoms. The van der Waals surface area contributed by atoms with E-state index in [4.69, 9.17) is 17.3 Å². The summed E-state index contributed by atoms with van der Waals surface area (Å²) in [6.45, 7) is 0.375. The fourth-order valence-electron chi connectivity index (χ4n) is 4.97. The number of carboxylic acid groups (broad SMARTS) is 1. The van der Waals surface area contributed by atoms with Gasteiger partial charge in [0.1, 0.15) is 12.4 Å². The van der Waals surface area contributed by atoms with E-state index in [-0.39, 0.29) is 23.3 Å². The fraction of sp³-hybridized carbons (Fsp3) is 0.172. The molecule has 2 unspecified atom stereocenters. The van der Waals surface area contributed by atoms with Crippen molar-refractivity contribution in [3.8, 4) is 5.69 Å². The van der Waals surface area contributed by atoms with Crippen LogP contribution in [0.25, 0.3) is 11.8 Å². The first-order valence-corrected chi connectivity index (χ1v) is 13.2. The number of piperidine rings is 1. The number of nitrogens with one attached hydrogen (secondary N) is 1. The third kappa shape index (κ3) is 6.25. The lowest BCUT2D eigenvalue weighted by molar-refractivity contribution is -0.137. The molecule has 1 fully saturated rings. The molecular formula is C29H26ClN7O4. The normalized spacial score (nSPS) is 17.0. The molecule has 1 aliphatic rings. The van der Waals surface area contributed by atoms with Gasteiger partial charge in [0.15, 0.2) is 0 Å². The van der Waals surface area contributed by atoms with E-state index in [9.17, 15) is 19.5 Å². The van der Waals surface area contributed by atoms with Gasteiger partial charge in [-0.2, -0.15) is 4.68 Å². The topological polar surface area (TPSA) is 156 Å². The Morgan fingerprint density at radius 2 is 1.80 bits per heavy atom. The van der Waals surface area contributed by atoms with E-state index < -0.39 is 12.0 Å². The molecule has 4 N–H and O–H groups in total. The van der Waals surface area contributed by atoms with Crippen LogP contribution in [0.3, 0.4) is 0 Å². The Kier molecular flexibility index (Phi) is 8.06. The van der Waals surface area contributed by atoms with Gasteiger partial charge < -0.3 is 21.1 Å². The van der Waals surface area contributed by atoms with Gasteiger partial charge in [0.05, 0.1) is 11.3 Å². The average Bonchev–Trinajstić information content (AvgIpc) is 3.51. The highest BCUT2D eigenvalue weighted by molar-refractivity contribution is 6.30. The Balaban J connectivity index is 1.45. The summed E-state index contributed by atoms with van der Waals surface area (Å²) < 4.78 is 1.46. The maximum Gasteiger partial charge on any atom is 0.335 e. The highest BCUT2D eigenvalue weighted by Crippen LogP contribution is 2.34. The van der Waals surface area contributed by atoms with Crippen molar-refractivity contribution >= 4 is 46.8 Å². The van der Waals surface area contributed by atoms with Crippen LogP contribution < -0.4 is 11.1 Å². The molecule has 12 heteroatoms. The monoisotopic (exact) mass is 571 g/mol. The number of likely N-dealkylation sites (tertiary alicyclic amines) is 1. The maximum absolute atomic E-state index is 13.8. The summed E-state index contributed by atoms with van der Waals surface area (Å²) in [5.41, 5.74) is 9.15. The number of benzene rings is 3. The Bertz CT molecular complexity index is 1590. The van der Waals surface area contributed by atoms with E-state index in [0.717, 1.165) is 5.56 Å². The Morgan fingerprint density at radius 3 is 2.49 bits per heavy atom. The van der Waals surface area contributed by atoms with E-state index in [1.165, 1.54) is 41.4 Å². The number of anilines is 2. The number of nitrogen functional groups attached to an aromatic ring is 1. The quantitative estimate of drug-likeness (QED) is 0.222. The van der Waals surface area contributed by atoms with Gasteiger partial charge in [-0.15, -0.1) is 5.10 Å². The molecule has 1 aromatic heterocycles. The summed E-state index contributed by atoms with van der Waals surface area (Å²) in [6.07, 6.45) is 5.85. The zero-order valence-electron chi connectivity index (χ0n) is 21.7. The maximum atomic E-state index is 13.8. The molecule has 0 aliphatic carbocycles. The van der Waals surface area contributed by atoms with Gasteiger partial charge in [0.2, 0.25) is 11.8 Å². The number of nitrogens with two attached hydrogens (primary N) is 1. The molecule has 11 nitrogen and oxygen atoms in total. The van der Waals surface area contributed by atoms with Crippen LogP contribution in [0.15, 0.2) is 79.1 Å². The summed E-state index contributed by atoms with van der Waals surface area (Å²) in [6, 6.07) is 17.5. The zero-order valence-corrected chi connectivity index (χ0v) is 22.5. The second-order valence-corrected chi connectivity index (χ2v) is 9.99. The summed E-state index contributed by atoms with van der Waals surface area (Å²) in [4.78, 5) is 40.2. The number of carbonyl (C=O) groups is 3. The number of aromatic nitrogens is 4. The van der Waals surface area contributed by atoms with Crippen molar-refractivity contribution in [3.63, 3.8) is 0 Å². The van der Waals surface area contributed by atoms with Crippen molar-refractivity contribution in [2.45, 2.75) is 24.8 Å². The van der Waals surface area contributed by atoms with Gasteiger partial charge in [-0.3, -0.25) is 9.59 Å². The lowest BCUT2D eigenvalue weighted by atomic mass is 9.82. The SMILES string of the molecule is Nc1ccc(C2CCCN(C(=O)C=Cc3cc(Cl)ccc3-n3cnnn3)C2C(=O)Nc2ccc(C(=O)O)cc2)cc1. The molecule has 0 bridgehead atoms. The summed E-state index contributed by atoms with van der Waals surface area (Å²) in [5, 5.41) is 23.8. The number of amides is 2. The average molecular weight is 572 g/mol. The van der Waals surface area contributed by atoms with E-state index in [1.54, 1.807) is 41.3 Å². The number of tetrazole rings is 1. The van der Waals surface area contributed by atoms with Crippen molar-refractivity contribution in [2.24, 2.45) is 0 Å². The number of nitrogens with zero attached hydrogens (tertiary/aromatic N) is 5. The highest BCUT2D eigenvalue weighted by atomic mass is 35.5. The van der Waals surface area contributed by atoms with Crippen molar-refractivity contribution in [3.05, 3.63) is 101 Å². The molecule has 0 spiro atoms. The smallest absolute Gasteiger partial charge is 0.335 e. The van der Waals surface area contributed by atoms with Gasteiger partial charge in [0.25, 0.3) is 0 Å². The number of halogens is 1. The Hall–Kier alpha value is -5.03. The van der Waals surface area contributed by atoms with Crippen LogP contribution in [0.2, 0.25) is 5.02 Å². The van der Waals surface area contributed by atoms with Crippen LogP contribution in [0.1, 0.15) is 40.2 Å². The van der Waals surface area contributed by atoms with Crippen LogP contribution in [0.5, 0.6) is 0 Å². The first kappa shape index (κ1) is 27.5. The standard InChI is InChI=1S/C29H26ClN7O4/c30-21-8-13-25(37-17-32-34-35-37)20(16-21)7-14-26(38)36-15-1-2-24(18-3-9-22(31)10-4-18)27(36)28(39)33-23-11-5-19(6-12-23)29(40)41/h3-14,16-17,24,27H,1-2,15,31H2,(H,33,39)(H,40,41). The summed E-state index contributed by atoms with van der Waals surface area (Å²) >= 11 is 6.22. The van der Waals surface area contributed by atoms with Crippen molar-refractivity contribution in [1.82, 2.24) is 25.1 Å².